The van der Waals surface area contributed by atoms with Crippen LogP contribution in [-0.2, 0) is 9.53 Å². The largest absolute Gasteiger partial charge is 0.495 e. The average molecular weight is 490 g/mol. The van der Waals surface area contributed by atoms with Crippen LogP contribution in [0.25, 0.3) is 11.6 Å². The minimum atomic E-state index is -0.565. The number of nitrogens with zero attached hydrogens (tertiary/aromatic N) is 3. The molecule has 1 aromatic heterocycles. The molecule has 0 bridgehead atoms. The summed E-state index contributed by atoms with van der Waals surface area (Å²) < 4.78 is 31.1. The molecule has 0 aliphatic carbocycles. The van der Waals surface area contributed by atoms with E-state index >= 15 is 4.39 Å². The quantitative estimate of drug-likeness (QED) is 0.573. The summed E-state index contributed by atoms with van der Waals surface area (Å²) in [5, 5.41) is 6.22. The van der Waals surface area contributed by atoms with Crippen molar-refractivity contribution in [1.82, 2.24) is 15.3 Å². The van der Waals surface area contributed by atoms with E-state index in [-0.39, 0.29) is 34.3 Å². The smallest absolute Gasteiger partial charge is 0.243 e. The number of methoxy groups -OCH3 is 2. The number of aromatic nitrogens is 2. The Kier molecular flexibility index (Phi) is 6.90. The van der Waals surface area contributed by atoms with Gasteiger partial charge >= 0.3 is 0 Å². The zero-order valence-corrected chi connectivity index (χ0v) is 19.8. The van der Waals surface area contributed by atoms with Crippen molar-refractivity contribution in [2.75, 3.05) is 51.2 Å². The van der Waals surface area contributed by atoms with Gasteiger partial charge in [-0.15, -0.1) is 0 Å². The van der Waals surface area contributed by atoms with Crippen LogP contribution in [-0.4, -0.2) is 69.0 Å². The summed E-state index contributed by atoms with van der Waals surface area (Å²) in [4.78, 5) is 22.6. The van der Waals surface area contributed by atoms with Crippen molar-refractivity contribution < 1.29 is 23.4 Å². The van der Waals surface area contributed by atoms with E-state index in [0.29, 0.717) is 48.4 Å². The highest BCUT2D eigenvalue weighted by Gasteiger charge is 2.31. The Balaban J connectivity index is 1.63. The molecule has 2 N–H and O–H groups in total. The topological polar surface area (TPSA) is 97.8 Å². The molecule has 34 heavy (non-hydrogen) atoms. The van der Waals surface area contributed by atoms with Gasteiger partial charge in [0.2, 0.25) is 11.9 Å². The molecule has 9 nitrogen and oxygen atoms in total. The maximum absolute atomic E-state index is 15.2. The van der Waals surface area contributed by atoms with E-state index in [4.69, 9.17) is 25.8 Å². The molecule has 2 atom stereocenters. The first-order valence-corrected chi connectivity index (χ1v) is 10.9. The lowest BCUT2D eigenvalue weighted by atomic mass is 9.98. The van der Waals surface area contributed by atoms with Crippen LogP contribution in [0.3, 0.4) is 0 Å². The molecule has 0 saturated carbocycles. The molecule has 11 heteroatoms. The summed E-state index contributed by atoms with van der Waals surface area (Å²) in [5.74, 6) is 0.576. The predicted molar refractivity (Wildman–Crippen MR) is 128 cm³/mol. The third kappa shape index (κ3) is 4.51. The molecule has 0 spiro atoms. The van der Waals surface area contributed by atoms with Gasteiger partial charge in [-0.05, 0) is 17.7 Å². The van der Waals surface area contributed by atoms with Crippen molar-refractivity contribution in [2.24, 2.45) is 0 Å². The summed E-state index contributed by atoms with van der Waals surface area (Å²) in [6.45, 7) is 4.60. The SMILES string of the molecule is C=CC(=O)N[C@H]1COC[C@H]1Nc1ncc2c(n1)N(C)CC(c1c(F)c(OC)cc(OC)c1Cl)=C2. The van der Waals surface area contributed by atoms with Crippen LogP contribution in [0, 0.1) is 5.82 Å². The lowest BCUT2D eigenvalue weighted by Gasteiger charge is -2.28. The van der Waals surface area contributed by atoms with Crippen molar-refractivity contribution >= 4 is 40.9 Å². The number of halogens is 2. The number of carbonyl (C=O) groups excluding carboxylic acids is 1. The molecule has 0 unspecified atom stereocenters. The predicted octanol–water partition coefficient (Wildman–Crippen LogP) is 2.76. The van der Waals surface area contributed by atoms with E-state index < -0.39 is 5.82 Å². The number of rotatable bonds is 7. The number of hydrogen-bond donors (Lipinski definition) is 2. The van der Waals surface area contributed by atoms with Gasteiger partial charge in [0.15, 0.2) is 11.6 Å². The molecule has 2 aliphatic heterocycles. The van der Waals surface area contributed by atoms with Crippen LogP contribution in [0.4, 0.5) is 16.2 Å². The van der Waals surface area contributed by atoms with Gasteiger partial charge in [-0.2, -0.15) is 4.98 Å². The molecule has 1 aromatic carbocycles. The van der Waals surface area contributed by atoms with Crippen molar-refractivity contribution in [1.29, 1.82) is 0 Å². The van der Waals surface area contributed by atoms with E-state index in [2.05, 4.69) is 27.2 Å². The van der Waals surface area contributed by atoms with E-state index in [0.717, 1.165) is 0 Å². The second-order valence-electron chi connectivity index (χ2n) is 7.89. The molecule has 4 rings (SSSR count). The highest BCUT2D eigenvalue weighted by atomic mass is 35.5. The summed E-state index contributed by atoms with van der Waals surface area (Å²) >= 11 is 6.46. The van der Waals surface area contributed by atoms with E-state index in [1.54, 1.807) is 12.3 Å². The summed E-state index contributed by atoms with van der Waals surface area (Å²) in [5.41, 5.74) is 1.54. The second kappa shape index (κ2) is 9.86. The molecular formula is C23H25ClFN5O4. The van der Waals surface area contributed by atoms with Crippen LogP contribution in [0.1, 0.15) is 11.1 Å². The van der Waals surface area contributed by atoms with Crippen LogP contribution < -0.4 is 25.0 Å². The first-order valence-electron chi connectivity index (χ1n) is 10.5. The number of benzene rings is 1. The van der Waals surface area contributed by atoms with Crippen molar-refractivity contribution in [3.8, 4) is 11.5 Å². The maximum Gasteiger partial charge on any atom is 0.243 e. The number of anilines is 2. The highest BCUT2D eigenvalue weighted by Crippen LogP contribution is 2.42. The molecule has 0 radical (unpaired) electrons. The number of nitrogens with one attached hydrogen (secondary N) is 2. The summed E-state index contributed by atoms with van der Waals surface area (Å²) in [7, 11) is 4.69. The van der Waals surface area contributed by atoms with Gasteiger partial charge in [0, 0.05) is 37.0 Å². The number of hydrogen-bond acceptors (Lipinski definition) is 8. The molecular weight excluding hydrogens is 465 g/mol. The number of amides is 1. The van der Waals surface area contributed by atoms with Crippen LogP contribution in [0.15, 0.2) is 24.9 Å². The second-order valence-corrected chi connectivity index (χ2v) is 8.27. The molecule has 2 aliphatic rings. The Morgan fingerprint density at radius 3 is 2.76 bits per heavy atom. The van der Waals surface area contributed by atoms with Crippen LogP contribution >= 0.6 is 11.6 Å². The average Bonchev–Trinajstić information content (AvgIpc) is 3.26. The lowest BCUT2D eigenvalue weighted by Crippen LogP contribution is -2.45. The van der Waals surface area contributed by atoms with Gasteiger partial charge in [-0.25, -0.2) is 9.37 Å². The monoisotopic (exact) mass is 489 g/mol. The van der Waals surface area contributed by atoms with Gasteiger partial charge in [-0.1, -0.05) is 18.2 Å². The van der Waals surface area contributed by atoms with Crippen molar-refractivity contribution in [3.05, 3.63) is 46.9 Å². The Hall–Kier alpha value is -3.37. The molecule has 3 heterocycles. The van der Waals surface area contributed by atoms with Crippen LogP contribution in [0.2, 0.25) is 5.02 Å². The zero-order valence-electron chi connectivity index (χ0n) is 19.0. The molecule has 1 saturated heterocycles. The normalized spacial score (nSPS) is 19.2. The summed E-state index contributed by atoms with van der Waals surface area (Å²) in [6.07, 6.45) is 4.67. The molecule has 180 valence electrons. The minimum absolute atomic E-state index is 0.0401. The number of fused-ring (bicyclic) bond motifs is 1. The maximum atomic E-state index is 15.2. The Bertz CT molecular complexity index is 1130. The molecule has 1 fully saturated rings. The highest BCUT2D eigenvalue weighted by molar-refractivity contribution is 6.34. The van der Waals surface area contributed by atoms with Gasteiger partial charge in [-0.3, -0.25) is 4.79 Å². The van der Waals surface area contributed by atoms with Gasteiger partial charge in [0.05, 0.1) is 44.5 Å². The number of carbonyl (C=O) groups is 1. The third-order valence-corrected chi connectivity index (χ3v) is 6.07. The van der Waals surface area contributed by atoms with E-state index in [1.807, 2.05) is 11.9 Å². The zero-order chi connectivity index (χ0) is 24.4. The van der Waals surface area contributed by atoms with Crippen LogP contribution in [0.5, 0.6) is 11.5 Å². The Morgan fingerprint density at radius 1 is 1.32 bits per heavy atom. The van der Waals surface area contributed by atoms with Gasteiger partial charge in [0.1, 0.15) is 11.6 Å². The first-order chi connectivity index (χ1) is 16.4. The van der Waals surface area contributed by atoms with Crippen molar-refractivity contribution in [2.45, 2.75) is 12.1 Å². The van der Waals surface area contributed by atoms with Gasteiger partial charge in [0.25, 0.3) is 0 Å². The first kappa shape index (κ1) is 23.8. The number of likely N-dealkylation sites (N-methyl/N-ethyl adjacent to an activating group) is 1. The lowest BCUT2D eigenvalue weighted by molar-refractivity contribution is -0.117. The minimum Gasteiger partial charge on any atom is -0.495 e. The standard InChI is InChI=1S/C23H25ClFN5O4/c1-5-18(31)27-14-10-34-11-15(14)28-23-26-8-12-6-13(9-30(2)22(12)29-23)19-20(24)16(32-3)7-17(33-4)21(19)25/h5-8,14-15H,1,9-11H2,2-4H3,(H,27,31)(H,26,28,29)/t14-,15+/m0/s1. The third-order valence-electron chi connectivity index (χ3n) is 5.70. The fraction of sp³-hybridized carbons (Fsp3) is 0.348. The number of ether oxygens (including phenoxy) is 3. The molecule has 2 aromatic rings. The Labute approximate surface area is 201 Å². The summed E-state index contributed by atoms with van der Waals surface area (Å²) in [6, 6.07) is 0.988. The van der Waals surface area contributed by atoms with Crippen molar-refractivity contribution in [3.63, 3.8) is 0 Å². The van der Waals surface area contributed by atoms with E-state index in [9.17, 15) is 4.79 Å². The Morgan fingerprint density at radius 2 is 2.06 bits per heavy atom. The fourth-order valence-corrected chi connectivity index (χ4v) is 4.32. The molecule has 1 amide bonds. The van der Waals surface area contributed by atoms with E-state index in [1.165, 1.54) is 26.4 Å². The van der Waals surface area contributed by atoms with Gasteiger partial charge < -0.3 is 29.7 Å². The fourth-order valence-electron chi connectivity index (χ4n) is 3.99.